The second-order valence-electron chi connectivity index (χ2n) is 12.0. The number of nitrogens with zero attached hydrogens (tertiary/aromatic N) is 3. The number of fused-ring (bicyclic) bond motifs is 3. The molecular formula is C33H32Cl2FN3O7. The molecule has 3 aromatic carbocycles. The van der Waals surface area contributed by atoms with Crippen molar-refractivity contribution in [2.75, 3.05) is 57.1 Å². The molecular weight excluding hydrogens is 640 g/mol. The maximum atomic E-state index is 15.7. The third-order valence-electron chi connectivity index (χ3n) is 9.45. The Hall–Kier alpha value is -3.61. The van der Waals surface area contributed by atoms with Crippen molar-refractivity contribution in [3.63, 3.8) is 0 Å². The maximum Gasteiger partial charge on any atom is 0.337 e. The van der Waals surface area contributed by atoms with E-state index >= 15 is 4.39 Å². The highest BCUT2D eigenvalue weighted by atomic mass is 35.5. The van der Waals surface area contributed by atoms with Crippen LogP contribution < -0.4 is 14.5 Å². The van der Waals surface area contributed by atoms with Crippen molar-refractivity contribution in [1.29, 1.82) is 0 Å². The van der Waals surface area contributed by atoms with Gasteiger partial charge in [0.15, 0.2) is 6.73 Å². The number of aromatic carboxylic acids is 1. The number of halogens is 3. The number of hydrogen-bond donors (Lipinski definition) is 1. The smallest absolute Gasteiger partial charge is 0.337 e. The van der Waals surface area contributed by atoms with Crippen LogP contribution in [0.2, 0.25) is 10.0 Å². The third-order valence-corrected chi connectivity index (χ3v) is 10.0. The fourth-order valence-corrected chi connectivity index (χ4v) is 7.59. The molecule has 1 amide bonds. The van der Waals surface area contributed by atoms with Gasteiger partial charge in [0.05, 0.1) is 71.8 Å². The fourth-order valence-electron chi connectivity index (χ4n) is 6.96. The van der Waals surface area contributed by atoms with Gasteiger partial charge in [-0.15, -0.1) is 0 Å². The first-order valence-electron chi connectivity index (χ1n) is 14.9. The van der Waals surface area contributed by atoms with Crippen LogP contribution in [0.4, 0.5) is 15.8 Å². The molecule has 0 spiro atoms. The van der Waals surface area contributed by atoms with Gasteiger partial charge in [-0.3, -0.25) is 4.79 Å². The molecule has 3 aromatic rings. The number of hydrogen-bond acceptors (Lipinski definition) is 8. The Labute approximate surface area is 275 Å². The molecule has 242 valence electrons. The van der Waals surface area contributed by atoms with Crippen LogP contribution in [0.25, 0.3) is 11.1 Å². The minimum atomic E-state index is -1.19. The average Bonchev–Trinajstić information content (AvgIpc) is 3.26. The van der Waals surface area contributed by atoms with E-state index in [-0.39, 0.29) is 52.1 Å². The minimum absolute atomic E-state index is 0.0264. The van der Waals surface area contributed by atoms with Crippen molar-refractivity contribution in [2.24, 2.45) is 0 Å². The monoisotopic (exact) mass is 671 g/mol. The number of anilines is 2. The molecule has 1 N–H and O–H groups in total. The molecule has 4 aliphatic heterocycles. The number of carboxylic acids is 1. The van der Waals surface area contributed by atoms with E-state index in [0.717, 1.165) is 24.6 Å². The van der Waals surface area contributed by atoms with Crippen LogP contribution in [0.3, 0.4) is 0 Å². The van der Waals surface area contributed by atoms with Gasteiger partial charge < -0.3 is 38.8 Å². The molecule has 46 heavy (non-hydrogen) atoms. The summed E-state index contributed by atoms with van der Waals surface area (Å²) >= 11 is 13.2. The Kier molecular flexibility index (Phi) is 8.01. The minimum Gasteiger partial charge on any atom is -0.478 e. The predicted molar refractivity (Wildman–Crippen MR) is 170 cm³/mol. The maximum absolute atomic E-state index is 15.7. The van der Waals surface area contributed by atoms with Crippen LogP contribution in [-0.2, 0) is 20.8 Å². The number of carbonyl (C=O) groups is 2. The van der Waals surface area contributed by atoms with Gasteiger partial charge in [-0.2, -0.15) is 0 Å². The number of ether oxygens (including phenoxy) is 4. The van der Waals surface area contributed by atoms with E-state index in [0.29, 0.717) is 48.9 Å². The van der Waals surface area contributed by atoms with Gasteiger partial charge in [0.25, 0.3) is 5.91 Å². The third kappa shape index (κ3) is 5.14. The van der Waals surface area contributed by atoms with Crippen molar-refractivity contribution in [1.82, 2.24) is 4.90 Å². The molecule has 0 radical (unpaired) electrons. The average molecular weight is 673 g/mol. The quantitative estimate of drug-likeness (QED) is 0.319. The number of morpholine rings is 1. The Bertz CT molecular complexity index is 1690. The number of amides is 1. The molecule has 2 unspecified atom stereocenters. The van der Waals surface area contributed by atoms with Gasteiger partial charge >= 0.3 is 5.97 Å². The van der Waals surface area contributed by atoms with Crippen LogP contribution in [0.15, 0.2) is 42.5 Å². The lowest BCUT2D eigenvalue weighted by Crippen LogP contribution is -2.64. The van der Waals surface area contributed by atoms with Gasteiger partial charge in [-0.05, 0) is 37.1 Å². The van der Waals surface area contributed by atoms with Crippen LogP contribution in [0, 0.1) is 5.82 Å². The Balaban J connectivity index is 1.16. The summed E-state index contributed by atoms with van der Waals surface area (Å²) in [6, 6.07) is 11.4. The van der Waals surface area contributed by atoms with Crippen LogP contribution >= 0.6 is 23.2 Å². The molecule has 3 saturated heterocycles. The molecule has 2 bridgehead atoms. The highest BCUT2D eigenvalue weighted by molar-refractivity contribution is 6.40. The summed E-state index contributed by atoms with van der Waals surface area (Å²) < 4.78 is 38.4. The van der Waals surface area contributed by atoms with Gasteiger partial charge in [-0.1, -0.05) is 41.4 Å². The van der Waals surface area contributed by atoms with Crippen LogP contribution in [0.5, 0.6) is 5.75 Å². The first kappa shape index (κ1) is 31.0. The fraction of sp³-hybridized carbons (Fsp3) is 0.394. The Morgan fingerprint density at radius 1 is 1.00 bits per heavy atom. The van der Waals surface area contributed by atoms with Crippen molar-refractivity contribution in [2.45, 2.75) is 37.3 Å². The highest BCUT2D eigenvalue weighted by Gasteiger charge is 2.44. The Morgan fingerprint density at radius 2 is 1.67 bits per heavy atom. The lowest BCUT2D eigenvalue weighted by molar-refractivity contribution is -0.219. The second-order valence-corrected chi connectivity index (χ2v) is 12.8. The zero-order valence-electron chi connectivity index (χ0n) is 25.2. The number of para-hydroxylation sites is 1. The molecule has 0 aliphatic carbocycles. The summed E-state index contributed by atoms with van der Waals surface area (Å²) in [5.41, 5.74) is 2.62. The zero-order valence-corrected chi connectivity index (χ0v) is 26.7. The van der Waals surface area contributed by atoms with Crippen molar-refractivity contribution < 1.29 is 38.0 Å². The largest absolute Gasteiger partial charge is 0.478 e. The standard InChI is InChI=1S/C33H32Cl2FN3O7/c1-43-33(44-2)15-38(16-33)21-8-25(34)29(26(35)9-21)31(40)37-12-18-4-3-5-22(30(18)46-17-37)23-11-28(24(32(41)42)10-27(23)36)39-19-6-7-20(39)14-45-13-19/h3-5,8-11,19-20H,6-7,12-17H2,1-2H3,(H,41,42). The summed E-state index contributed by atoms with van der Waals surface area (Å²) in [6.07, 6.45) is 1.75. The van der Waals surface area contributed by atoms with Gasteiger partial charge in [-0.25, -0.2) is 9.18 Å². The van der Waals surface area contributed by atoms with E-state index in [1.807, 2.05) is 4.90 Å². The molecule has 0 saturated carbocycles. The van der Waals surface area contributed by atoms with Crippen molar-refractivity contribution >= 4 is 46.5 Å². The lowest BCUT2D eigenvalue weighted by atomic mass is 9.96. The lowest BCUT2D eigenvalue weighted by Gasteiger charge is -2.48. The Morgan fingerprint density at radius 3 is 2.30 bits per heavy atom. The van der Waals surface area contributed by atoms with Gasteiger partial charge in [0.1, 0.15) is 11.6 Å². The van der Waals surface area contributed by atoms with Crippen molar-refractivity contribution in [3.05, 3.63) is 75.0 Å². The van der Waals surface area contributed by atoms with E-state index in [9.17, 15) is 14.7 Å². The first-order valence-corrected chi connectivity index (χ1v) is 15.7. The second kappa shape index (κ2) is 11.9. The SMILES string of the molecule is COC1(OC)CN(c2cc(Cl)c(C(=O)N3COc4c(cccc4-c4cc(N5C6CCC5COC6)c(C(=O)O)cc4F)C3)c(Cl)c2)C1. The highest BCUT2D eigenvalue weighted by Crippen LogP contribution is 2.44. The van der Waals surface area contributed by atoms with Gasteiger partial charge in [0, 0.05) is 36.6 Å². The van der Waals surface area contributed by atoms with Crippen LogP contribution in [0.1, 0.15) is 39.1 Å². The molecule has 7 rings (SSSR count). The first-order chi connectivity index (χ1) is 22.1. The predicted octanol–water partition coefficient (Wildman–Crippen LogP) is 5.67. The number of carboxylic acid groups (broad SMARTS) is 1. The number of benzene rings is 3. The molecule has 0 aromatic heterocycles. The molecule has 4 aliphatic rings. The van der Waals surface area contributed by atoms with Crippen molar-refractivity contribution in [3.8, 4) is 16.9 Å². The molecule has 13 heteroatoms. The number of rotatable bonds is 7. The summed E-state index contributed by atoms with van der Waals surface area (Å²) in [4.78, 5) is 31.4. The molecule has 10 nitrogen and oxygen atoms in total. The molecule has 2 atom stereocenters. The molecule has 3 fully saturated rings. The zero-order chi connectivity index (χ0) is 32.3. The van der Waals surface area contributed by atoms with E-state index in [2.05, 4.69) is 4.90 Å². The summed E-state index contributed by atoms with van der Waals surface area (Å²) in [6.45, 7) is 1.99. The van der Waals surface area contributed by atoms with E-state index in [1.54, 1.807) is 50.6 Å². The van der Waals surface area contributed by atoms with Crippen LogP contribution in [-0.4, -0.2) is 87.0 Å². The summed E-state index contributed by atoms with van der Waals surface area (Å²) in [5, 5.41) is 10.4. The number of methoxy groups -OCH3 is 2. The topological polar surface area (TPSA) is 101 Å². The van der Waals surface area contributed by atoms with E-state index < -0.39 is 23.5 Å². The number of carbonyl (C=O) groups excluding carboxylic acids is 1. The summed E-state index contributed by atoms with van der Waals surface area (Å²) in [5.74, 6) is -2.55. The van der Waals surface area contributed by atoms with E-state index in [1.165, 1.54) is 4.90 Å². The summed E-state index contributed by atoms with van der Waals surface area (Å²) in [7, 11) is 3.17. The van der Waals surface area contributed by atoms with Gasteiger partial charge in [0.2, 0.25) is 5.79 Å². The normalized spacial score (nSPS) is 21.5. The van der Waals surface area contributed by atoms with E-state index in [4.69, 9.17) is 42.1 Å². The molecule has 4 heterocycles.